The number of fused-ring (bicyclic) bond motifs is 1. The summed E-state index contributed by atoms with van der Waals surface area (Å²) in [7, 11) is 3.69. The molecule has 1 saturated heterocycles. The molecule has 2 heterocycles. The lowest BCUT2D eigenvalue weighted by atomic mass is 9.92. The second-order valence-corrected chi connectivity index (χ2v) is 6.45. The summed E-state index contributed by atoms with van der Waals surface area (Å²) in [6.07, 6.45) is 0.909. The first kappa shape index (κ1) is 14.6. The molecule has 1 aromatic rings. The standard InChI is InChI=1S/C15H21ClN3O2/c1-15(6-7-21-9-15)19(2)13-10(8-18-14(19)17)4-5-11(20-3)12(13)16/h4-5H,6-9H2,1-3H3,(H2,17,18)/q+1. The van der Waals surface area contributed by atoms with E-state index in [1.807, 2.05) is 12.1 Å². The maximum atomic E-state index is 6.62. The molecule has 3 rings (SSSR count). The third-order valence-electron chi connectivity index (χ3n) is 4.98. The average molecular weight is 311 g/mol. The van der Waals surface area contributed by atoms with E-state index in [1.165, 1.54) is 0 Å². The van der Waals surface area contributed by atoms with E-state index >= 15 is 0 Å². The van der Waals surface area contributed by atoms with Crippen LogP contribution in [0.15, 0.2) is 17.1 Å². The number of halogens is 1. The zero-order valence-electron chi connectivity index (χ0n) is 12.6. The maximum absolute atomic E-state index is 6.62. The molecule has 2 aliphatic heterocycles. The van der Waals surface area contributed by atoms with Crippen LogP contribution in [-0.2, 0) is 11.3 Å². The molecule has 1 aromatic carbocycles. The third kappa shape index (κ3) is 1.88. The highest BCUT2D eigenvalue weighted by molar-refractivity contribution is 6.35. The Hall–Kier alpha value is -1.30. The lowest BCUT2D eigenvalue weighted by molar-refractivity contribution is 0.142. The number of quaternary nitrogens is 1. The van der Waals surface area contributed by atoms with Crippen molar-refractivity contribution in [3.8, 4) is 5.75 Å². The molecule has 0 spiro atoms. The van der Waals surface area contributed by atoms with E-state index in [9.17, 15) is 0 Å². The van der Waals surface area contributed by atoms with Crippen molar-refractivity contribution in [2.75, 3.05) is 27.4 Å². The second kappa shape index (κ2) is 4.87. The Morgan fingerprint density at radius 2 is 2.24 bits per heavy atom. The zero-order chi connectivity index (χ0) is 15.3. The number of benzene rings is 1. The zero-order valence-corrected chi connectivity index (χ0v) is 13.4. The number of likely N-dealkylation sites (N-methyl/N-ethyl adjacent to an activating group) is 1. The Morgan fingerprint density at radius 1 is 1.48 bits per heavy atom. The van der Waals surface area contributed by atoms with E-state index < -0.39 is 0 Å². The van der Waals surface area contributed by atoms with Crippen LogP contribution in [-0.4, -0.2) is 38.9 Å². The van der Waals surface area contributed by atoms with Crippen LogP contribution in [0.5, 0.6) is 5.75 Å². The van der Waals surface area contributed by atoms with Gasteiger partial charge in [-0.15, -0.1) is 0 Å². The average Bonchev–Trinajstić information content (AvgIpc) is 2.91. The molecule has 0 aromatic heterocycles. The molecule has 0 saturated carbocycles. The lowest BCUT2D eigenvalue weighted by Gasteiger charge is -2.46. The predicted molar refractivity (Wildman–Crippen MR) is 84.9 cm³/mol. The molecule has 21 heavy (non-hydrogen) atoms. The highest BCUT2D eigenvalue weighted by atomic mass is 35.5. The molecule has 2 unspecified atom stereocenters. The van der Waals surface area contributed by atoms with Gasteiger partial charge in [-0.05, 0) is 19.1 Å². The van der Waals surface area contributed by atoms with Crippen LogP contribution in [0.25, 0.3) is 0 Å². The number of ether oxygens (including phenoxy) is 2. The molecule has 1 fully saturated rings. The fraction of sp³-hybridized carbons (Fsp3) is 0.533. The molecule has 2 aliphatic rings. The summed E-state index contributed by atoms with van der Waals surface area (Å²) < 4.78 is 11.4. The van der Waals surface area contributed by atoms with Gasteiger partial charge in [-0.25, -0.2) is 9.48 Å². The SMILES string of the molecule is COc1ccc2c(c1Cl)[N+](C)(C1(C)CCOC1)C(N)=NC2. The van der Waals surface area contributed by atoms with Crippen LogP contribution in [0.2, 0.25) is 5.02 Å². The van der Waals surface area contributed by atoms with Crippen LogP contribution >= 0.6 is 11.6 Å². The molecule has 5 nitrogen and oxygen atoms in total. The van der Waals surface area contributed by atoms with Crippen LogP contribution in [0.3, 0.4) is 0 Å². The number of rotatable bonds is 2. The fourth-order valence-corrected chi connectivity index (χ4v) is 3.76. The molecule has 0 bridgehead atoms. The van der Waals surface area contributed by atoms with Gasteiger partial charge in [-0.3, -0.25) is 0 Å². The van der Waals surface area contributed by atoms with Crippen molar-refractivity contribution in [3.05, 3.63) is 22.7 Å². The number of nitrogens with two attached hydrogens (primary N) is 1. The number of guanidine groups is 1. The molecule has 0 radical (unpaired) electrons. The Bertz CT molecular complexity index is 611. The third-order valence-corrected chi connectivity index (χ3v) is 5.34. The minimum Gasteiger partial charge on any atom is -0.495 e. The van der Waals surface area contributed by atoms with Crippen molar-refractivity contribution in [1.82, 2.24) is 4.48 Å². The number of methoxy groups -OCH3 is 1. The van der Waals surface area contributed by atoms with E-state index in [1.54, 1.807) is 7.11 Å². The first-order chi connectivity index (χ1) is 9.94. The molecule has 0 aliphatic carbocycles. The van der Waals surface area contributed by atoms with Gasteiger partial charge in [-0.1, -0.05) is 11.6 Å². The van der Waals surface area contributed by atoms with E-state index in [-0.39, 0.29) is 5.54 Å². The van der Waals surface area contributed by atoms with Gasteiger partial charge in [0.05, 0.1) is 27.3 Å². The highest BCUT2D eigenvalue weighted by Crippen LogP contribution is 2.47. The minimum absolute atomic E-state index is 0.182. The fourth-order valence-electron chi connectivity index (χ4n) is 3.33. The van der Waals surface area contributed by atoms with Crippen molar-refractivity contribution in [2.45, 2.75) is 25.4 Å². The Morgan fingerprint density at radius 3 is 2.86 bits per heavy atom. The molecule has 2 N–H and O–H groups in total. The topological polar surface area (TPSA) is 56.8 Å². The summed E-state index contributed by atoms with van der Waals surface area (Å²) >= 11 is 6.62. The second-order valence-electron chi connectivity index (χ2n) is 6.07. The van der Waals surface area contributed by atoms with E-state index in [0.29, 0.717) is 34.4 Å². The highest BCUT2D eigenvalue weighted by Gasteiger charge is 2.55. The molecular formula is C15H21ClN3O2+. The van der Waals surface area contributed by atoms with Gasteiger partial charge in [0.15, 0.2) is 5.69 Å². The van der Waals surface area contributed by atoms with E-state index in [4.69, 9.17) is 26.8 Å². The normalized spacial score (nSPS) is 31.7. The van der Waals surface area contributed by atoms with Crippen LogP contribution in [0.1, 0.15) is 18.9 Å². The van der Waals surface area contributed by atoms with Crippen molar-refractivity contribution >= 4 is 23.2 Å². The minimum atomic E-state index is -0.182. The Labute approximate surface area is 129 Å². The van der Waals surface area contributed by atoms with E-state index in [0.717, 1.165) is 24.3 Å². The molecule has 6 heteroatoms. The van der Waals surface area contributed by atoms with Crippen molar-refractivity contribution in [2.24, 2.45) is 10.7 Å². The van der Waals surface area contributed by atoms with Gasteiger partial charge in [0.1, 0.15) is 22.9 Å². The van der Waals surface area contributed by atoms with Crippen LogP contribution in [0, 0.1) is 0 Å². The molecule has 0 amide bonds. The number of nitrogens with zero attached hydrogens (tertiary/aromatic N) is 2. The van der Waals surface area contributed by atoms with Gasteiger partial charge in [0, 0.05) is 12.0 Å². The lowest BCUT2D eigenvalue weighted by Crippen LogP contribution is -2.69. The Kier molecular flexibility index (Phi) is 3.39. The monoisotopic (exact) mass is 310 g/mol. The Balaban J connectivity index is 2.26. The van der Waals surface area contributed by atoms with Gasteiger partial charge >= 0.3 is 5.96 Å². The molecular weight excluding hydrogens is 290 g/mol. The van der Waals surface area contributed by atoms with Crippen molar-refractivity contribution in [1.29, 1.82) is 0 Å². The summed E-state index contributed by atoms with van der Waals surface area (Å²) in [5.41, 5.74) is 8.21. The summed E-state index contributed by atoms with van der Waals surface area (Å²) in [6.45, 7) is 4.09. The van der Waals surface area contributed by atoms with Crippen molar-refractivity contribution < 1.29 is 9.47 Å². The summed E-state index contributed by atoms with van der Waals surface area (Å²) in [4.78, 5) is 4.52. The summed E-state index contributed by atoms with van der Waals surface area (Å²) in [6, 6.07) is 3.90. The summed E-state index contributed by atoms with van der Waals surface area (Å²) in [5, 5.41) is 0.614. The number of hydrogen-bond acceptors (Lipinski definition) is 4. The largest absolute Gasteiger partial charge is 0.495 e. The first-order valence-corrected chi connectivity index (χ1v) is 7.42. The quantitative estimate of drug-likeness (QED) is 0.853. The maximum Gasteiger partial charge on any atom is 0.300 e. The van der Waals surface area contributed by atoms with Gasteiger partial charge in [0.2, 0.25) is 0 Å². The van der Waals surface area contributed by atoms with Gasteiger partial charge < -0.3 is 15.2 Å². The smallest absolute Gasteiger partial charge is 0.300 e. The molecule has 114 valence electrons. The van der Waals surface area contributed by atoms with E-state index in [2.05, 4.69) is 19.0 Å². The van der Waals surface area contributed by atoms with Crippen LogP contribution < -0.4 is 15.0 Å². The predicted octanol–water partition coefficient (Wildman–Crippen LogP) is 2.29. The van der Waals surface area contributed by atoms with Gasteiger partial charge in [0.25, 0.3) is 0 Å². The summed E-state index contributed by atoms with van der Waals surface area (Å²) in [5.74, 6) is 1.24. The number of hydrogen-bond donors (Lipinski definition) is 1. The van der Waals surface area contributed by atoms with Crippen LogP contribution in [0.4, 0.5) is 5.69 Å². The number of aliphatic imine (C=N–C) groups is 1. The first-order valence-electron chi connectivity index (χ1n) is 7.05. The van der Waals surface area contributed by atoms with Gasteiger partial charge in [-0.2, -0.15) is 0 Å². The molecule has 2 atom stereocenters. The van der Waals surface area contributed by atoms with Crippen molar-refractivity contribution in [3.63, 3.8) is 0 Å².